The standard InChI is InChI=1S/C16H26N2O/c1-16(2,3)18-10-8-17(9-11-18)12-14-4-6-15(13-19)7-5-14/h4-7,19H,8-13H2,1-3H3. The molecule has 0 atom stereocenters. The molecule has 1 heterocycles. The van der Waals surface area contributed by atoms with Crippen molar-refractivity contribution in [3.63, 3.8) is 0 Å². The van der Waals surface area contributed by atoms with Crippen molar-refractivity contribution in [1.82, 2.24) is 9.80 Å². The molecule has 1 saturated heterocycles. The van der Waals surface area contributed by atoms with Gasteiger partial charge in [-0.3, -0.25) is 9.80 Å². The van der Waals surface area contributed by atoms with Crippen molar-refractivity contribution in [1.29, 1.82) is 0 Å². The Hall–Kier alpha value is -0.900. The van der Waals surface area contributed by atoms with Gasteiger partial charge in [0.2, 0.25) is 0 Å². The van der Waals surface area contributed by atoms with Gasteiger partial charge in [-0.2, -0.15) is 0 Å². The maximum atomic E-state index is 9.04. The number of aliphatic hydroxyl groups excluding tert-OH is 1. The summed E-state index contributed by atoms with van der Waals surface area (Å²) in [4.78, 5) is 5.06. The van der Waals surface area contributed by atoms with Crippen LogP contribution in [0.1, 0.15) is 31.9 Å². The first-order valence-corrected chi connectivity index (χ1v) is 7.15. The van der Waals surface area contributed by atoms with E-state index in [1.54, 1.807) is 0 Å². The van der Waals surface area contributed by atoms with Gasteiger partial charge in [-0.15, -0.1) is 0 Å². The molecule has 1 N–H and O–H groups in total. The van der Waals surface area contributed by atoms with Crippen molar-refractivity contribution < 1.29 is 5.11 Å². The van der Waals surface area contributed by atoms with Crippen molar-refractivity contribution in [2.75, 3.05) is 26.2 Å². The maximum Gasteiger partial charge on any atom is 0.0681 e. The molecule has 0 unspecified atom stereocenters. The SMILES string of the molecule is CC(C)(C)N1CCN(Cc2ccc(CO)cc2)CC1. The fraction of sp³-hybridized carbons (Fsp3) is 0.625. The lowest BCUT2D eigenvalue weighted by molar-refractivity contribution is 0.0591. The van der Waals surface area contributed by atoms with Gasteiger partial charge in [0.25, 0.3) is 0 Å². The molecule has 1 aromatic rings. The Morgan fingerprint density at radius 1 is 0.947 bits per heavy atom. The Morgan fingerprint density at radius 2 is 1.47 bits per heavy atom. The van der Waals surface area contributed by atoms with Crippen molar-refractivity contribution in [2.24, 2.45) is 0 Å². The molecule has 0 radical (unpaired) electrons. The Labute approximate surface area is 116 Å². The second kappa shape index (κ2) is 6.04. The van der Waals surface area contributed by atoms with E-state index in [0.29, 0.717) is 0 Å². The molecular weight excluding hydrogens is 236 g/mol. The van der Waals surface area contributed by atoms with Crippen LogP contribution in [0, 0.1) is 0 Å². The van der Waals surface area contributed by atoms with E-state index in [1.807, 2.05) is 12.1 Å². The van der Waals surface area contributed by atoms with Gasteiger partial charge in [0.1, 0.15) is 0 Å². The molecule has 0 bridgehead atoms. The summed E-state index contributed by atoms with van der Waals surface area (Å²) in [7, 11) is 0. The van der Waals surface area contributed by atoms with Crippen LogP contribution in [0.5, 0.6) is 0 Å². The van der Waals surface area contributed by atoms with E-state index in [-0.39, 0.29) is 12.1 Å². The third-order valence-electron chi connectivity index (χ3n) is 3.93. The zero-order valence-electron chi connectivity index (χ0n) is 12.4. The van der Waals surface area contributed by atoms with Crippen LogP contribution in [-0.2, 0) is 13.2 Å². The molecule has 3 nitrogen and oxygen atoms in total. The minimum Gasteiger partial charge on any atom is -0.392 e. The number of aliphatic hydroxyl groups is 1. The van der Waals surface area contributed by atoms with Gasteiger partial charge in [0.15, 0.2) is 0 Å². The fourth-order valence-electron chi connectivity index (χ4n) is 2.59. The van der Waals surface area contributed by atoms with Crippen molar-refractivity contribution in [3.8, 4) is 0 Å². The van der Waals surface area contributed by atoms with Crippen LogP contribution < -0.4 is 0 Å². The number of hydrogen-bond donors (Lipinski definition) is 1. The van der Waals surface area contributed by atoms with Gasteiger partial charge >= 0.3 is 0 Å². The van der Waals surface area contributed by atoms with Gasteiger partial charge in [-0.05, 0) is 31.9 Å². The van der Waals surface area contributed by atoms with E-state index in [9.17, 15) is 0 Å². The molecular formula is C16H26N2O. The number of rotatable bonds is 3. The lowest BCUT2D eigenvalue weighted by Crippen LogP contribution is -2.53. The highest BCUT2D eigenvalue weighted by Gasteiger charge is 2.25. The summed E-state index contributed by atoms with van der Waals surface area (Å²) in [6.45, 7) is 12.6. The van der Waals surface area contributed by atoms with Crippen molar-refractivity contribution >= 4 is 0 Å². The predicted molar refractivity (Wildman–Crippen MR) is 79.0 cm³/mol. The number of hydrogen-bond acceptors (Lipinski definition) is 3. The lowest BCUT2D eigenvalue weighted by atomic mass is 10.0. The summed E-state index contributed by atoms with van der Waals surface area (Å²) in [6, 6.07) is 8.28. The number of benzene rings is 1. The Morgan fingerprint density at radius 3 is 1.95 bits per heavy atom. The van der Waals surface area contributed by atoms with Gasteiger partial charge in [-0.1, -0.05) is 24.3 Å². The molecule has 0 saturated carbocycles. The normalized spacial score (nSPS) is 18.7. The molecule has 106 valence electrons. The minimum atomic E-state index is 0.130. The van der Waals surface area contributed by atoms with Crippen molar-refractivity contribution in [2.45, 2.75) is 39.5 Å². The molecule has 1 aromatic carbocycles. The lowest BCUT2D eigenvalue weighted by Gasteiger charge is -2.42. The first-order chi connectivity index (χ1) is 8.99. The largest absolute Gasteiger partial charge is 0.392 e. The average Bonchev–Trinajstić information content (AvgIpc) is 2.39. The second-order valence-corrected chi connectivity index (χ2v) is 6.41. The maximum absolute atomic E-state index is 9.04. The van der Waals surface area contributed by atoms with Crippen LogP contribution in [0.3, 0.4) is 0 Å². The summed E-state index contributed by atoms with van der Waals surface area (Å²) in [6.07, 6.45) is 0. The van der Waals surface area contributed by atoms with Crippen molar-refractivity contribution in [3.05, 3.63) is 35.4 Å². The van der Waals surface area contributed by atoms with E-state index in [4.69, 9.17) is 5.11 Å². The molecule has 0 aromatic heterocycles. The zero-order valence-corrected chi connectivity index (χ0v) is 12.4. The van der Waals surface area contributed by atoms with Crippen LogP contribution in [-0.4, -0.2) is 46.6 Å². The number of nitrogens with zero attached hydrogens (tertiary/aromatic N) is 2. The molecule has 2 rings (SSSR count). The van der Waals surface area contributed by atoms with E-state index < -0.39 is 0 Å². The summed E-state index contributed by atoms with van der Waals surface area (Å²) in [5.41, 5.74) is 2.61. The Balaban J connectivity index is 1.85. The highest BCUT2D eigenvalue weighted by molar-refractivity contribution is 5.21. The van der Waals surface area contributed by atoms with E-state index in [1.165, 1.54) is 5.56 Å². The second-order valence-electron chi connectivity index (χ2n) is 6.41. The smallest absolute Gasteiger partial charge is 0.0681 e. The quantitative estimate of drug-likeness (QED) is 0.903. The average molecular weight is 262 g/mol. The van der Waals surface area contributed by atoms with Crippen LogP contribution in [0.2, 0.25) is 0 Å². The Bertz CT molecular complexity index is 386. The third kappa shape index (κ3) is 4.03. The van der Waals surface area contributed by atoms with Crippen LogP contribution >= 0.6 is 0 Å². The summed E-state index contributed by atoms with van der Waals surface area (Å²) in [5, 5.41) is 9.04. The zero-order chi connectivity index (χ0) is 13.9. The summed E-state index contributed by atoms with van der Waals surface area (Å²) >= 11 is 0. The molecule has 3 heteroatoms. The molecule has 0 aliphatic carbocycles. The minimum absolute atomic E-state index is 0.130. The van der Waals surface area contributed by atoms with Crippen LogP contribution in [0.25, 0.3) is 0 Å². The summed E-state index contributed by atoms with van der Waals surface area (Å²) in [5.74, 6) is 0. The highest BCUT2D eigenvalue weighted by Crippen LogP contribution is 2.17. The fourth-order valence-corrected chi connectivity index (χ4v) is 2.59. The molecule has 1 aliphatic heterocycles. The molecule has 0 amide bonds. The predicted octanol–water partition coefficient (Wildman–Crippen LogP) is 2.09. The third-order valence-corrected chi connectivity index (χ3v) is 3.93. The van der Waals surface area contributed by atoms with Gasteiger partial charge in [0.05, 0.1) is 6.61 Å². The molecule has 19 heavy (non-hydrogen) atoms. The number of piperazine rings is 1. The topological polar surface area (TPSA) is 26.7 Å². The van der Waals surface area contributed by atoms with Crippen LogP contribution in [0.15, 0.2) is 24.3 Å². The van der Waals surface area contributed by atoms with Gasteiger partial charge in [0, 0.05) is 38.3 Å². The monoisotopic (exact) mass is 262 g/mol. The van der Waals surface area contributed by atoms with Crippen LogP contribution in [0.4, 0.5) is 0 Å². The highest BCUT2D eigenvalue weighted by atomic mass is 16.3. The van der Waals surface area contributed by atoms with E-state index in [0.717, 1.165) is 38.3 Å². The van der Waals surface area contributed by atoms with Gasteiger partial charge in [-0.25, -0.2) is 0 Å². The molecule has 1 fully saturated rings. The van der Waals surface area contributed by atoms with E-state index in [2.05, 4.69) is 42.7 Å². The van der Waals surface area contributed by atoms with Gasteiger partial charge < -0.3 is 5.11 Å². The Kier molecular flexibility index (Phi) is 4.61. The first kappa shape index (κ1) is 14.5. The first-order valence-electron chi connectivity index (χ1n) is 7.15. The summed E-state index contributed by atoms with van der Waals surface area (Å²) < 4.78 is 0. The van der Waals surface area contributed by atoms with E-state index >= 15 is 0 Å². The molecule has 0 spiro atoms. The molecule has 1 aliphatic rings.